The van der Waals surface area contributed by atoms with Crippen molar-refractivity contribution in [2.45, 2.75) is 13.3 Å². The monoisotopic (exact) mass is 333 g/mol. The van der Waals surface area contributed by atoms with E-state index in [1.807, 2.05) is 13.0 Å². The molecule has 0 bridgehead atoms. The predicted molar refractivity (Wildman–Crippen MR) is 91.5 cm³/mol. The molecular weight excluding hydrogens is 314 g/mol. The molecule has 5 heteroatoms. The molecule has 1 N–H and O–H groups in total. The van der Waals surface area contributed by atoms with Gasteiger partial charge in [-0.15, -0.1) is 0 Å². The van der Waals surface area contributed by atoms with Gasteiger partial charge < -0.3 is 14.8 Å². The lowest BCUT2D eigenvalue weighted by molar-refractivity contribution is 0.0953. The lowest BCUT2D eigenvalue weighted by Gasteiger charge is -2.10. The molecule has 0 heterocycles. The van der Waals surface area contributed by atoms with Gasteiger partial charge in [0.1, 0.15) is 24.7 Å². The molecular formula is C18H20ClNO3. The molecule has 1 amide bonds. The number of benzene rings is 2. The molecule has 0 saturated heterocycles. The van der Waals surface area contributed by atoms with E-state index in [0.29, 0.717) is 36.1 Å². The van der Waals surface area contributed by atoms with Crippen LogP contribution < -0.4 is 14.8 Å². The van der Waals surface area contributed by atoms with Crippen LogP contribution in [0.2, 0.25) is 5.02 Å². The van der Waals surface area contributed by atoms with Crippen molar-refractivity contribution in [2.24, 2.45) is 0 Å². The number of carbonyl (C=O) groups excluding carboxylic acids is 1. The average Bonchev–Trinajstić information content (AvgIpc) is 2.58. The standard InChI is InChI=1S/C18H20ClNO3/c1-2-10-20-18(21)14-4-3-5-17(13-14)23-12-11-22-16-8-6-15(19)7-9-16/h3-9,13H,2,10-12H2,1H3,(H,20,21). The van der Waals surface area contributed by atoms with Crippen LogP contribution in [0.4, 0.5) is 0 Å². The maximum Gasteiger partial charge on any atom is 0.251 e. The number of rotatable bonds is 8. The molecule has 122 valence electrons. The van der Waals surface area contributed by atoms with Gasteiger partial charge in [0.25, 0.3) is 5.91 Å². The largest absolute Gasteiger partial charge is 0.490 e. The molecule has 0 radical (unpaired) electrons. The second-order valence-corrected chi connectivity index (χ2v) is 5.37. The Labute approximate surface area is 141 Å². The zero-order valence-electron chi connectivity index (χ0n) is 13.0. The van der Waals surface area contributed by atoms with E-state index in [9.17, 15) is 4.79 Å². The van der Waals surface area contributed by atoms with Crippen molar-refractivity contribution in [1.82, 2.24) is 5.32 Å². The van der Waals surface area contributed by atoms with Crippen molar-refractivity contribution < 1.29 is 14.3 Å². The highest BCUT2D eigenvalue weighted by molar-refractivity contribution is 6.30. The molecule has 0 aromatic heterocycles. The zero-order valence-corrected chi connectivity index (χ0v) is 13.8. The SMILES string of the molecule is CCCNC(=O)c1cccc(OCCOc2ccc(Cl)cc2)c1. The third-order valence-corrected chi connectivity index (χ3v) is 3.32. The summed E-state index contributed by atoms with van der Waals surface area (Å²) in [5.74, 6) is 1.30. The van der Waals surface area contributed by atoms with Crippen LogP contribution in [0.1, 0.15) is 23.7 Å². The fraction of sp³-hybridized carbons (Fsp3) is 0.278. The predicted octanol–water partition coefficient (Wildman–Crippen LogP) is 3.94. The number of hydrogen-bond acceptors (Lipinski definition) is 3. The van der Waals surface area contributed by atoms with Crippen LogP contribution in [0.3, 0.4) is 0 Å². The summed E-state index contributed by atoms with van der Waals surface area (Å²) in [4.78, 5) is 11.9. The van der Waals surface area contributed by atoms with E-state index in [4.69, 9.17) is 21.1 Å². The maximum absolute atomic E-state index is 11.9. The van der Waals surface area contributed by atoms with Gasteiger partial charge in [0.05, 0.1) is 0 Å². The molecule has 2 aromatic carbocycles. The topological polar surface area (TPSA) is 47.6 Å². The van der Waals surface area contributed by atoms with Gasteiger partial charge in [-0.1, -0.05) is 24.6 Å². The minimum Gasteiger partial charge on any atom is -0.490 e. The normalized spacial score (nSPS) is 10.2. The van der Waals surface area contributed by atoms with E-state index in [2.05, 4.69) is 5.32 Å². The lowest BCUT2D eigenvalue weighted by atomic mass is 10.2. The van der Waals surface area contributed by atoms with Crippen molar-refractivity contribution in [1.29, 1.82) is 0 Å². The van der Waals surface area contributed by atoms with Gasteiger partial charge in [0, 0.05) is 17.1 Å². The van der Waals surface area contributed by atoms with Gasteiger partial charge in [-0.25, -0.2) is 0 Å². The summed E-state index contributed by atoms with van der Waals surface area (Å²) < 4.78 is 11.2. The van der Waals surface area contributed by atoms with Gasteiger partial charge in [-0.2, -0.15) is 0 Å². The lowest BCUT2D eigenvalue weighted by Crippen LogP contribution is -2.23. The zero-order chi connectivity index (χ0) is 16.5. The van der Waals surface area contributed by atoms with E-state index in [-0.39, 0.29) is 5.91 Å². The van der Waals surface area contributed by atoms with Crippen LogP contribution in [0.25, 0.3) is 0 Å². The second-order valence-electron chi connectivity index (χ2n) is 4.93. The summed E-state index contributed by atoms with van der Waals surface area (Å²) in [6.45, 7) is 3.48. The number of halogens is 1. The number of hydrogen-bond donors (Lipinski definition) is 1. The molecule has 0 saturated carbocycles. The first-order chi connectivity index (χ1) is 11.2. The maximum atomic E-state index is 11.9. The molecule has 2 rings (SSSR count). The smallest absolute Gasteiger partial charge is 0.251 e. The van der Waals surface area contributed by atoms with Crippen molar-refractivity contribution in [3.05, 3.63) is 59.1 Å². The highest BCUT2D eigenvalue weighted by atomic mass is 35.5. The number of ether oxygens (including phenoxy) is 2. The minimum atomic E-state index is -0.0882. The summed E-state index contributed by atoms with van der Waals surface area (Å²) in [6.07, 6.45) is 0.907. The molecule has 0 fully saturated rings. The summed E-state index contributed by atoms with van der Waals surface area (Å²) in [7, 11) is 0. The van der Waals surface area contributed by atoms with Crippen molar-refractivity contribution >= 4 is 17.5 Å². The van der Waals surface area contributed by atoms with Crippen LogP contribution in [0.15, 0.2) is 48.5 Å². The molecule has 0 aliphatic heterocycles. The van der Waals surface area contributed by atoms with Crippen molar-refractivity contribution in [2.75, 3.05) is 19.8 Å². The van der Waals surface area contributed by atoms with Gasteiger partial charge >= 0.3 is 0 Å². The number of amides is 1. The Bertz CT molecular complexity index is 628. The summed E-state index contributed by atoms with van der Waals surface area (Å²) in [5, 5.41) is 3.51. The quantitative estimate of drug-likeness (QED) is 0.744. The summed E-state index contributed by atoms with van der Waals surface area (Å²) in [5.41, 5.74) is 0.592. The summed E-state index contributed by atoms with van der Waals surface area (Å²) >= 11 is 5.81. The van der Waals surface area contributed by atoms with Crippen LogP contribution in [0.5, 0.6) is 11.5 Å². The van der Waals surface area contributed by atoms with E-state index in [1.54, 1.807) is 42.5 Å². The molecule has 0 unspecified atom stereocenters. The first-order valence-electron chi connectivity index (χ1n) is 7.58. The molecule has 0 spiro atoms. The molecule has 2 aromatic rings. The van der Waals surface area contributed by atoms with Gasteiger partial charge in [0.15, 0.2) is 0 Å². The third kappa shape index (κ3) is 5.83. The first-order valence-corrected chi connectivity index (χ1v) is 7.96. The van der Waals surface area contributed by atoms with Crippen molar-refractivity contribution in [3.8, 4) is 11.5 Å². The molecule has 4 nitrogen and oxygen atoms in total. The van der Waals surface area contributed by atoms with Gasteiger partial charge in [0.2, 0.25) is 0 Å². The fourth-order valence-electron chi connectivity index (χ4n) is 1.92. The Morgan fingerprint density at radius 1 is 1.04 bits per heavy atom. The van der Waals surface area contributed by atoms with E-state index in [1.165, 1.54) is 0 Å². The number of nitrogens with one attached hydrogen (secondary N) is 1. The molecule has 0 aliphatic carbocycles. The fourth-order valence-corrected chi connectivity index (χ4v) is 2.04. The molecule has 0 atom stereocenters. The average molecular weight is 334 g/mol. The van der Waals surface area contributed by atoms with Crippen LogP contribution in [0, 0.1) is 0 Å². The van der Waals surface area contributed by atoms with Crippen LogP contribution in [-0.4, -0.2) is 25.7 Å². The Balaban J connectivity index is 1.79. The van der Waals surface area contributed by atoms with E-state index in [0.717, 1.165) is 12.2 Å². The third-order valence-electron chi connectivity index (χ3n) is 3.07. The molecule has 0 aliphatic rings. The Morgan fingerprint density at radius 2 is 1.74 bits per heavy atom. The van der Waals surface area contributed by atoms with Crippen LogP contribution in [-0.2, 0) is 0 Å². The summed E-state index contributed by atoms with van der Waals surface area (Å²) in [6, 6.07) is 14.3. The molecule has 23 heavy (non-hydrogen) atoms. The Hall–Kier alpha value is -2.20. The van der Waals surface area contributed by atoms with E-state index < -0.39 is 0 Å². The minimum absolute atomic E-state index is 0.0882. The highest BCUT2D eigenvalue weighted by Crippen LogP contribution is 2.16. The highest BCUT2D eigenvalue weighted by Gasteiger charge is 2.05. The Morgan fingerprint density at radius 3 is 2.43 bits per heavy atom. The van der Waals surface area contributed by atoms with Gasteiger partial charge in [-0.3, -0.25) is 4.79 Å². The van der Waals surface area contributed by atoms with E-state index >= 15 is 0 Å². The Kier molecular flexibility index (Phi) is 6.76. The van der Waals surface area contributed by atoms with Gasteiger partial charge in [-0.05, 0) is 48.9 Å². The first kappa shape index (κ1) is 17.2. The number of carbonyl (C=O) groups is 1. The van der Waals surface area contributed by atoms with Crippen molar-refractivity contribution in [3.63, 3.8) is 0 Å². The second kappa shape index (κ2) is 9.06. The van der Waals surface area contributed by atoms with Crippen LogP contribution >= 0.6 is 11.6 Å².